The highest BCUT2D eigenvalue weighted by Crippen LogP contribution is 2.36. The van der Waals surface area contributed by atoms with Gasteiger partial charge in [0.15, 0.2) is 5.75 Å². The van der Waals surface area contributed by atoms with Gasteiger partial charge in [-0.1, -0.05) is 32.0 Å². The summed E-state index contributed by atoms with van der Waals surface area (Å²) in [6.07, 6.45) is 1.52. The maximum absolute atomic E-state index is 13.6. The second kappa shape index (κ2) is 11.1. The molecule has 1 amide bonds. The molecule has 2 unspecified atom stereocenters. The average molecular weight is 502 g/mol. The van der Waals surface area contributed by atoms with Gasteiger partial charge in [0.2, 0.25) is 0 Å². The molecule has 1 saturated heterocycles. The summed E-state index contributed by atoms with van der Waals surface area (Å²) >= 11 is -2.61. The second-order valence-corrected chi connectivity index (χ2v) is 10.3. The molecule has 2 N–H and O–H groups in total. The Bertz CT molecular complexity index is 1100. The first kappa shape index (κ1) is 25.6. The fraction of sp³-hybridized carbons (Fsp3) is 0.500. The highest BCUT2D eigenvalue weighted by molar-refractivity contribution is 7.74. The standard InChI is InChI=1S/C26H35N3O5S/c1-4-18(2)22-14-23(25(15-24(22)30)34-35(32)33)26(31)29-8-7-20-6-5-19(13-21(20)17-29)16-28-11-9-27(3)10-12-28/h5-6,13-15,18,30H,4,7-12,16-17H2,1-3H3,(H,32,33). The molecule has 2 atom stereocenters. The van der Waals surface area contributed by atoms with Crippen LogP contribution in [0.5, 0.6) is 11.5 Å². The fourth-order valence-electron chi connectivity index (χ4n) is 4.83. The number of carbonyl (C=O) groups is 1. The summed E-state index contributed by atoms with van der Waals surface area (Å²) in [5.74, 6) is -0.386. The normalized spacial score (nSPS) is 18.7. The average Bonchev–Trinajstić information content (AvgIpc) is 2.84. The molecule has 190 valence electrons. The Hall–Kier alpha value is -2.46. The van der Waals surface area contributed by atoms with Crippen LogP contribution < -0.4 is 4.18 Å². The lowest BCUT2D eigenvalue weighted by Gasteiger charge is -2.33. The summed E-state index contributed by atoms with van der Waals surface area (Å²) in [5.41, 5.74) is 4.43. The lowest BCUT2D eigenvalue weighted by atomic mass is 9.93. The minimum absolute atomic E-state index is 0.0226. The van der Waals surface area contributed by atoms with E-state index in [1.165, 1.54) is 17.2 Å². The lowest BCUT2D eigenvalue weighted by molar-refractivity contribution is 0.0732. The van der Waals surface area contributed by atoms with Gasteiger partial charge < -0.3 is 19.1 Å². The third-order valence-corrected chi connectivity index (χ3v) is 7.56. The van der Waals surface area contributed by atoms with E-state index in [0.717, 1.165) is 51.1 Å². The number of benzene rings is 2. The molecule has 0 bridgehead atoms. The van der Waals surface area contributed by atoms with Gasteiger partial charge >= 0.3 is 11.4 Å². The molecule has 2 heterocycles. The molecule has 0 radical (unpaired) electrons. The first-order valence-electron chi connectivity index (χ1n) is 12.2. The lowest BCUT2D eigenvalue weighted by Crippen LogP contribution is -2.43. The minimum atomic E-state index is -2.61. The Morgan fingerprint density at radius 2 is 1.86 bits per heavy atom. The number of hydrogen-bond donors (Lipinski definition) is 2. The third-order valence-electron chi connectivity index (χ3n) is 7.24. The van der Waals surface area contributed by atoms with Crippen LogP contribution in [-0.4, -0.2) is 74.2 Å². The zero-order valence-corrected chi connectivity index (χ0v) is 21.5. The number of rotatable bonds is 7. The van der Waals surface area contributed by atoms with Crippen molar-refractivity contribution in [3.05, 3.63) is 58.1 Å². The van der Waals surface area contributed by atoms with E-state index in [-0.39, 0.29) is 28.9 Å². The van der Waals surface area contributed by atoms with E-state index in [9.17, 15) is 18.7 Å². The van der Waals surface area contributed by atoms with E-state index in [2.05, 4.69) is 35.0 Å². The van der Waals surface area contributed by atoms with Crippen molar-refractivity contribution >= 4 is 17.3 Å². The maximum Gasteiger partial charge on any atom is 0.357 e. The first-order valence-corrected chi connectivity index (χ1v) is 13.2. The molecule has 0 aliphatic carbocycles. The summed E-state index contributed by atoms with van der Waals surface area (Å²) in [4.78, 5) is 20.1. The van der Waals surface area contributed by atoms with E-state index in [1.807, 2.05) is 13.8 Å². The van der Waals surface area contributed by atoms with Crippen LogP contribution in [0.4, 0.5) is 0 Å². The number of fused-ring (bicyclic) bond motifs is 1. The van der Waals surface area contributed by atoms with Crippen molar-refractivity contribution in [1.82, 2.24) is 14.7 Å². The number of piperazine rings is 1. The van der Waals surface area contributed by atoms with Crippen LogP contribution in [0.2, 0.25) is 0 Å². The molecule has 2 aromatic rings. The van der Waals surface area contributed by atoms with Gasteiger partial charge in [-0.05, 0) is 54.1 Å². The van der Waals surface area contributed by atoms with Gasteiger partial charge in [-0.15, -0.1) is 0 Å². The number of carbonyl (C=O) groups excluding carboxylic acids is 1. The van der Waals surface area contributed by atoms with Crippen molar-refractivity contribution in [3.63, 3.8) is 0 Å². The van der Waals surface area contributed by atoms with Gasteiger partial charge in [-0.3, -0.25) is 14.2 Å². The van der Waals surface area contributed by atoms with E-state index in [1.54, 1.807) is 11.0 Å². The number of phenolic OH excluding ortho intramolecular Hbond substituents is 1. The van der Waals surface area contributed by atoms with E-state index >= 15 is 0 Å². The predicted molar refractivity (Wildman–Crippen MR) is 136 cm³/mol. The topological polar surface area (TPSA) is 93.6 Å². The van der Waals surface area contributed by atoms with E-state index in [4.69, 9.17) is 4.18 Å². The van der Waals surface area contributed by atoms with Gasteiger partial charge in [-0.25, -0.2) is 0 Å². The number of phenols is 1. The number of nitrogens with zero attached hydrogens (tertiary/aromatic N) is 3. The van der Waals surface area contributed by atoms with Gasteiger partial charge in [0, 0.05) is 51.9 Å². The molecule has 8 nitrogen and oxygen atoms in total. The Morgan fingerprint density at radius 1 is 1.11 bits per heavy atom. The van der Waals surface area contributed by atoms with Gasteiger partial charge in [0.1, 0.15) is 5.75 Å². The smallest absolute Gasteiger partial charge is 0.357 e. The van der Waals surface area contributed by atoms with Crippen molar-refractivity contribution in [3.8, 4) is 11.5 Å². The Kier molecular flexibility index (Phi) is 8.11. The SMILES string of the molecule is CCC(C)c1cc(C(=O)N2CCc3ccc(CN4CCN(C)CC4)cc3C2)c(OS(=O)O)cc1O. The molecule has 2 aliphatic heterocycles. The van der Waals surface area contributed by atoms with Crippen molar-refractivity contribution in [2.75, 3.05) is 39.8 Å². The van der Waals surface area contributed by atoms with Gasteiger partial charge in [0.05, 0.1) is 5.56 Å². The van der Waals surface area contributed by atoms with Crippen LogP contribution in [0.1, 0.15) is 58.8 Å². The van der Waals surface area contributed by atoms with Gasteiger partial charge in [0.25, 0.3) is 5.91 Å². The Labute approximate surface area is 210 Å². The molecule has 9 heteroatoms. The molecule has 2 aliphatic rings. The zero-order valence-electron chi connectivity index (χ0n) is 20.7. The third kappa shape index (κ3) is 6.03. The van der Waals surface area contributed by atoms with Crippen LogP contribution in [0.3, 0.4) is 0 Å². The van der Waals surface area contributed by atoms with Crippen LogP contribution >= 0.6 is 0 Å². The molecule has 35 heavy (non-hydrogen) atoms. The highest BCUT2D eigenvalue weighted by atomic mass is 32.2. The monoisotopic (exact) mass is 501 g/mol. The molecular weight excluding hydrogens is 466 g/mol. The predicted octanol–water partition coefficient (Wildman–Crippen LogP) is 3.37. The summed E-state index contributed by atoms with van der Waals surface area (Å²) < 4.78 is 25.6. The van der Waals surface area contributed by atoms with Crippen LogP contribution in [0, 0.1) is 0 Å². The summed E-state index contributed by atoms with van der Waals surface area (Å²) in [5, 5.41) is 10.4. The van der Waals surface area contributed by atoms with Crippen molar-refractivity contribution in [1.29, 1.82) is 0 Å². The number of amides is 1. The maximum atomic E-state index is 13.6. The van der Waals surface area contributed by atoms with Crippen LogP contribution in [0.15, 0.2) is 30.3 Å². The molecule has 1 fully saturated rings. The largest absolute Gasteiger partial charge is 0.508 e. The van der Waals surface area contributed by atoms with Crippen molar-refractivity contribution in [2.24, 2.45) is 0 Å². The number of hydrogen-bond acceptors (Lipinski definition) is 6. The quantitative estimate of drug-likeness (QED) is 0.562. The highest BCUT2D eigenvalue weighted by Gasteiger charge is 2.27. The zero-order chi connectivity index (χ0) is 25.1. The molecular formula is C26H35N3O5S. The molecule has 0 aromatic heterocycles. The second-order valence-electron chi connectivity index (χ2n) is 9.68. The summed E-state index contributed by atoms with van der Waals surface area (Å²) in [7, 11) is 2.15. The number of aromatic hydroxyl groups is 1. The molecule has 0 saturated carbocycles. The molecule has 0 spiro atoms. The first-order chi connectivity index (χ1) is 16.7. The van der Waals surface area contributed by atoms with E-state index in [0.29, 0.717) is 18.7 Å². The molecule has 2 aromatic carbocycles. The van der Waals surface area contributed by atoms with Gasteiger partial charge in [-0.2, -0.15) is 4.21 Å². The molecule has 4 rings (SSSR count). The number of likely N-dealkylation sites (N-methyl/N-ethyl adjacent to an activating group) is 1. The Morgan fingerprint density at radius 3 is 2.54 bits per heavy atom. The summed E-state index contributed by atoms with van der Waals surface area (Å²) in [6.45, 7) is 10.1. The minimum Gasteiger partial charge on any atom is -0.508 e. The summed E-state index contributed by atoms with van der Waals surface area (Å²) in [6, 6.07) is 9.44. The van der Waals surface area contributed by atoms with Crippen LogP contribution in [0.25, 0.3) is 0 Å². The fourth-order valence-corrected chi connectivity index (χ4v) is 5.12. The van der Waals surface area contributed by atoms with Crippen molar-refractivity contribution in [2.45, 2.75) is 45.7 Å². The van der Waals surface area contributed by atoms with E-state index < -0.39 is 11.4 Å². The Balaban J connectivity index is 1.56. The van der Waals surface area contributed by atoms with Crippen molar-refractivity contribution < 1.29 is 22.8 Å². The van der Waals surface area contributed by atoms with Crippen LogP contribution in [-0.2, 0) is 30.9 Å².